The molecule has 0 radical (unpaired) electrons. The standard InChI is InChI=1S/C17H24N2O/c1-12(2)14-6-5-13-7-8-16(15(13)11-14)18-17(20)19-9-3-4-10-19/h5-6,11-12,16H,3-4,7-10H2,1-2H3,(H,18,20). The summed E-state index contributed by atoms with van der Waals surface area (Å²) in [5.74, 6) is 0.538. The quantitative estimate of drug-likeness (QED) is 0.876. The highest BCUT2D eigenvalue weighted by atomic mass is 16.2. The van der Waals surface area contributed by atoms with Crippen LogP contribution in [0.2, 0.25) is 0 Å². The molecule has 2 amide bonds. The van der Waals surface area contributed by atoms with Crippen LogP contribution >= 0.6 is 0 Å². The predicted molar refractivity (Wildman–Crippen MR) is 80.9 cm³/mol. The zero-order chi connectivity index (χ0) is 14.1. The highest BCUT2D eigenvalue weighted by Gasteiger charge is 2.27. The molecule has 2 aliphatic rings. The second-order valence-electron chi connectivity index (χ2n) is 6.35. The van der Waals surface area contributed by atoms with Crippen LogP contribution < -0.4 is 5.32 Å². The highest BCUT2D eigenvalue weighted by Crippen LogP contribution is 2.33. The average Bonchev–Trinajstić information content (AvgIpc) is 3.08. The SMILES string of the molecule is CC(C)c1ccc2c(c1)C(NC(=O)N1CCCC1)CC2. The molecule has 1 heterocycles. The molecule has 1 N–H and O–H groups in total. The predicted octanol–water partition coefficient (Wildman–Crippen LogP) is 3.60. The maximum absolute atomic E-state index is 12.2. The molecule has 0 aromatic heterocycles. The first-order valence-electron chi connectivity index (χ1n) is 7.83. The number of carbonyl (C=O) groups excluding carboxylic acids is 1. The Balaban J connectivity index is 1.74. The van der Waals surface area contributed by atoms with Gasteiger partial charge in [-0.15, -0.1) is 0 Å². The lowest BCUT2D eigenvalue weighted by molar-refractivity contribution is 0.204. The van der Waals surface area contributed by atoms with Crippen molar-refractivity contribution in [2.75, 3.05) is 13.1 Å². The van der Waals surface area contributed by atoms with Gasteiger partial charge in [0.15, 0.2) is 0 Å². The normalized spacial score (nSPS) is 21.4. The zero-order valence-electron chi connectivity index (χ0n) is 12.5. The maximum atomic E-state index is 12.2. The smallest absolute Gasteiger partial charge is 0.317 e. The van der Waals surface area contributed by atoms with Gasteiger partial charge in [0.1, 0.15) is 0 Å². The Morgan fingerprint density at radius 1 is 1.30 bits per heavy atom. The second kappa shape index (κ2) is 5.47. The summed E-state index contributed by atoms with van der Waals surface area (Å²) in [5, 5.41) is 3.23. The number of fused-ring (bicyclic) bond motifs is 1. The molecular weight excluding hydrogens is 248 g/mol. The van der Waals surface area contributed by atoms with Crippen LogP contribution in [0.3, 0.4) is 0 Å². The molecule has 1 unspecified atom stereocenters. The number of hydrogen-bond acceptors (Lipinski definition) is 1. The van der Waals surface area contributed by atoms with E-state index < -0.39 is 0 Å². The Labute approximate surface area is 121 Å². The van der Waals surface area contributed by atoms with E-state index in [1.165, 1.54) is 16.7 Å². The molecule has 1 saturated heterocycles. The molecule has 3 nitrogen and oxygen atoms in total. The van der Waals surface area contributed by atoms with Crippen molar-refractivity contribution in [1.82, 2.24) is 10.2 Å². The molecule has 1 aromatic rings. The van der Waals surface area contributed by atoms with E-state index in [-0.39, 0.29) is 12.1 Å². The monoisotopic (exact) mass is 272 g/mol. The summed E-state index contributed by atoms with van der Waals surface area (Å²) in [7, 11) is 0. The van der Waals surface area contributed by atoms with E-state index in [0.717, 1.165) is 38.8 Å². The molecule has 0 spiro atoms. The molecule has 3 rings (SSSR count). The van der Waals surface area contributed by atoms with Crippen LogP contribution in [0.1, 0.15) is 61.8 Å². The number of carbonyl (C=O) groups is 1. The van der Waals surface area contributed by atoms with E-state index in [1.54, 1.807) is 0 Å². The van der Waals surface area contributed by atoms with Crippen LogP contribution in [0.15, 0.2) is 18.2 Å². The van der Waals surface area contributed by atoms with Gasteiger partial charge < -0.3 is 10.2 Å². The Kier molecular flexibility index (Phi) is 3.68. The van der Waals surface area contributed by atoms with Gasteiger partial charge in [0.25, 0.3) is 0 Å². The van der Waals surface area contributed by atoms with Gasteiger partial charge in [-0.05, 0) is 48.3 Å². The fraction of sp³-hybridized carbons (Fsp3) is 0.588. The summed E-state index contributed by atoms with van der Waals surface area (Å²) >= 11 is 0. The summed E-state index contributed by atoms with van der Waals surface area (Å²) in [6.07, 6.45) is 4.41. The van der Waals surface area contributed by atoms with E-state index in [9.17, 15) is 4.79 Å². The number of urea groups is 1. The van der Waals surface area contributed by atoms with Crippen LogP contribution in [-0.4, -0.2) is 24.0 Å². The number of nitrogens with zero attached hydrogens (tertiary/aromatic N) is 1. The topological polar surface area (TPSA) is 32.3 Å². The Morgan fingerprint density at radius 3 is 2.75 bits per heavy atom. The molecule has 1 aromatic carbocycles. The Morgan fingerprint density at radius 2 is 2.05 bits per heavy atom. The third-order valence-electron chi connectivity index (χ3n) is 4.61. The van der Waals surface area contributed by atoms with Crippen molar-refractivity contribution in [3.8, 4) is 0 Å². The summed E-state index contributed by atoms with van der Waals surface area (Å²) in [6.45, 7) is 6.26. The number of amides is 2. The fourth-order valence-electron chi connectivity index (χ4n) is 3.29. The van der Waals surface area contributed by atoms with Gasteiger partial charge in [-0.1, -0.05) is 32.0 Å². The fourth-order valence-corrected chi connectivity index (χ4v) is 3.29. The lowest BCUT2D eigenvalue weighted by Gasteiger charge is -2.21. The van der Waals surface area contributed by atoms with Crippen molar-refractivity contribution in [3.05, 3.63) is 34.9 Å². The van der Waals surface area contributed by atoms with Crippen molar-refractivity contribution in [1.29, 1.82) is 0 Å². The number of hydrogen-bond donors (Lipinski definition) is 1. The molecule has 0 bridgehead atoms. The first-order chi connectivity index (χ1) is 9.65. The summed E-state index contributed by atoms with van der Waals surface area (Å²) in [6, 6.07) is 7.09. The molecule has 20 heavy (non-hydrogen) atoms. The van der Waals surface area contributed by atoms with Crippen LogP contribution in [0, 0.1) is 0 Å². The van der Waals surface area contributed by atoms with Crippen molar-refractivity contribution in [2.24, 2.45) is 0 Å². The third-order valence-corrected chi connectivity index (χ3v) is 4.61. The molecule has 3 heteroatoms. The van der Waals surface area contributed by atoms with Gasteiger partial charge in [0, 0.05) is 13.1 Å². The van der Waals surface area contributed by atoms with Gasteiger partial charge in [0.05, 0.1) is 6.04 Å². The number of benzene rings is 1. The summed E-state index contributed by atoms with van der Waals surface area (Å²) in [4.78, 5) is 14.2. The largest absolute Gasteiger partial charge is 0.331 e. The molecule has 0 saturated carbocycles. The van der Waals surface area contributed by atoms with Gasteiger partial charge in [-0.3, -0.25) is 0 Å². The number of rotatable bonds is 2. The van der Waals surface area contributed by atoms with Crippen molar-refractivity contribution in [3.63, 3.8) is 0 Å². The van der Waals surface area contributed by atoms with Gasteiger partial charge >= 0.3 is 6.03 Å². The van der Waals surface area contributed by atoms with Crippen molar-refractivity contribution < 1.29 is 4.79 Å². The second-order valence-corrected chi connectivity index (χ2v) is 6.35. The summed E-state index contributed by atoms with van der Waals surface area (Å²) < 4.78 is 0. The molecular formula is C17H24N2O. The van der Waals surface area contributed by atoms with Crippen LogP contribution in [-0.2, 0) is 6.42 Å². The van der Waals surface area contributed by atoms with Crippen LogP contribution in [0.25, 0.3) is 0 Å². The van der Waals surface area contributed by atoms with E-state index in [4.69, 9.17) is 0 Å². The Bertz CT molecular complexity index is 504. The highest BCUT2D eigenvalue weighted by molar-refractivity contribution is 5.75. The van der Waals surface area contributed by atoms with Gasteiger partial charge in [-0.2, -0.15) is 0 Å². The number of likely N-dealkylation sites (tertiary alicyclic amines) is 1. The van der Waals surface area contributed by atoms with Gasteiger partial charge in [-0.25, -0.2) is 4.79 Å². The van der Waals surface area contributed by atoms with Gasteiger partial charge in [0.2, 0.25) is 0 Å². The molecule has 108 valence electrons. The minimum absolute atomic E-state index is 0.121. The van der Waals surface area contributed by atoms with E-state index in [1.807, 2.05) is 4.90 Å². The third kappa shape index (κ3) is 2.54. The first-order valence-corrected chi connectivity index (χ1v) is 7.83. The van der Waals surface area contributed by atoms with Crippen LogP contribution in [0.5, 0.6) is 0 Å². The molecule has 1 aliphatic heterocycles. The van der Waals surface area contributed by atoms with Crippen LogP contribution in [0.4, 0.5) is 4.79 Å². The summed E-state index contributed by atoms with van der Waals surface area (Å²) in [5.41, 5.74) is 4.11. The maximum Gasteiger partial charge on any atom is 0.317 e. The van der Waals surface area contributed by atoms with E-state index >= 15 is 0 Å². The molecule has 1 fully saturated rings. The minimum Gasteiger partial charge on any atom is -0.331 e. The lowest BCUT2D eigenvalue weighted by atomic mass is 9.97. The number of aryl methyl sites for hydroxylation is 1. The molecule has 1 aliphatic carbocycles. The number of nitrogens with one attached hydrogen (secondary N) is 1. The molecule has 1 atom stereocenters. The average molecular weight is 272 g/mol. The van der Waals surface area contributed by atoms with E-state index in [2.05, 4.69) is 37.4 Å². The Hall–Kier alpha value is -1.51. The van der Waals surface area contributed by atoms with Crippen molar-refractivity contribution in [2.45, 2.75) is 51.5 Å². The minimum atomic E-state index is 0.121. The first kappa shape index (κ1) is 13.5. The van der Waals surface area contributed by atoms with E-state index in [0.29, 0.717) is 5.92 Å². The zero-order valence-corrected chi connectivity index (χ0v) is 12.5. The van der Waals surface area contributed by atoms with Crippen molar-refractivity contribution >= 4 is 6.03 Å². The lowest BCUT2D eigenvalue weighted by Crippen LogP contribution is -2.39.